The molecule has 2 aromatic heterocycles. The normalized spacial score (nSPS) is 17.5. The second kappa shape index (κ2) is 11.3. The number of carbonyl (C=O) groups excluding carboxylic acids is 1. The number of benzene rings is 2. The lowest BCUT2D eigenvalue weighted by Crippen LogP contribution is -2.42. The smallest absolute Gasteiger partial charge is 0.320 e. The maximum atomic E-state index is 14.1. The molecule has 12 heteroatoms. The molecule has 39 heavy (non-hydrogen) atoms. The van der Waals surface area contributed by atoms with Crippen LogP contribution in [-0.2, 0) is 4.74 Å². The molecule has 0 spiro atoms. The summed E-state index contributed by atoms with van der Waals surface area (Å²) in [5, 5.41) is 14.5. The molecule has 204 valence electrons. The van der Waals surface area contributed by atoms with E-state index in [0.717, 1.165) is 11.8 Å². The Labute approximate surface area is 224 Å². The monoisotopic (exact) mass is 537 g/mol. The van der Waals surface area contributed by atoms with Gasteiger partial charge in [0.25, 0.3) is 5.89 Å². The van der Waals surface area contributed by atoms with E-state index in [0.29, 0.717) is 54.7 Å². The summed E-state index contributed by atoms with van der Waals surface area (Å²) in [5.41, 5.74) is 2.42. The lowest BCUT2D eigenvalue weighted by atomic mass is 9.94. The number of para-hydroxylation sites is 1. The van der Waals surface area contributed by atoms with Crippen LogP contribution in [0.3, 0.4) is 0 Å². The van der Waals surface area contributed by atoms with Crippen LogP contribution in [0.4, 0.5) is 19.4 Å². The highest BCUT2D eigenvalue weighted by Gasteiger charge is 2.35. The van der Waals surface area contributed by atoms with E-state index in [9.17, 15) is 13.6 Å². The van der Waals surface area contributed by atoms with E-state index in [2.05, 4.69) is 30.8 Å². The van der Waals surface area contributed by atoms with E-state index >= 15 is 0 Å². The van der Waals surface area contributed by atoms with Crippen LogP contribution in [0.1, 0.15) is 22.9 Å². The summed E-state index contributed by atoms with van der Waals surface area (Å²) < 4.78 is 39.8. The molecule has 0 bridgehead atoms. The van der Waals surface area contributed by atoms with E-state index in [1.54, 1.807) is 24.8 Å². The van der Waals surface area contributed by atoms with Crippen molar-refractivity contribution in [2.24, 2.45) is 0 Å². The van der Waals surface area contributed by atoms with Crippen LogP contribution in [0, 0.1) is 25.5 Å². The van der Waals surface area contributed by atoms with E-state index in [4.69, 9.17) is 9.26 Å². The van der Waals surface area contributed by atoms with Gasteiger partial charge in [-0.1, -0.05) is 29.4 Å². The predicted octanol–water partition coefficient (Wildman–Crippen LogP) is 4.05. The van der Waals surface area contributed by atoms with Crippen LogP contribution in [-0.4, -0.2) is 70.2 Å². The minimum atomic E-state index is -0.919. The van der Waals surface area contributed by atoms with Gasteiger partial charge in [0, 0.05) is 38.2 Å². The first-order valence-electron chi connectivity index (χ1n) is 12.5. The zero-order valence-corrected chi connectivity index (χ0v) is 21.8. The number of hydrogen-bond acceptors (Lipinski definition) is 7. The topological polar surface area (TPSA) is 110 Å². The summed E-state index contributed by atoms with van der Waals surface area (Å²) in [4.78, 5) is 19.8. The van der Waals surface area contributed by atoms with Crippen LogP contribution < -0.4 is 10.6 Å². The highest BCUT2D eigenvalue weighted by atomic mass is 19.2. The number of hydrogen-bond donors (Lipinski definition) is 2. The summed E-state index contributed by atoms with van der Waals surface area (Å²) >= 11 is 0. The number of aryl methyl sites for hydroxylation is 1. The molecule has 1 aliphatic heterocycles. The highest BCUT2D eigenvalue weighted by Crippen LogP contribution is 2.31. The Balaban J connectivity index is 1.42. The number of nitrogens with zero attached hydrogens (tertiary/aromatic N) is 5. The molecule has 1 fully saturated rings. The molecule has 2 unspecified atom stereocenters. The van der Waals surface area contributed by atoms with Gasteiger partial charge in [-0.25, -0.2) is 18.3 Å². The average molecular weight is 538 g/mol. The minimum Gasteiger partial charge on any atom is -0.383 e. The number of likely N-dealkylation sites (tertiary alicyclic amines) is 1. The number of methoxy groups -OCH3 is 1. The van der Waals surface area contributed by atoms with Crippen LogP contribution in [0.25, 0.3) is 17.3 Å². The Hall–Kier alpha value is -4.16. The Bertz CT molecular complexity index is 1460. The molecule has 4 aromatic rings. The zero-order valence-electron chi connectivity index (χ0n) is 21.8. The van der Waals surface area contributed by atoms with Gasteiger partial charge in [-0.05, 0) is 43.7 Å². The number of rotatable bonds is 8. The molecule has 0 radical (unpaired) electrons. The molecule has 2 amide bonds. The van der Waals surface area contributed by atoms with Crippen molar-refractivity contribution in [3.8, 4) is 17.3 Å². The lowest BCUT2D eigenvalue weighted by molar-refractivity contribution is 0.159. The third-order valence-electron chi connectivity index (χ3n) is 6.78. The van der Waals surface area contributed by atoms with Crippen molar-refractivity contribution in [2.75, 3.05) is 38.7 Å². The molecule has 1 aliphatic rings. The van der Waals surface area contributed by atoms with Gasteiger partial charge in [-0.3, -0.25) is 10.2 Å². The van der Waals surface area contributed by atoms with Crippen LogP contribution >= 0.6 is 0 Å². The summed E-state index contributed by atoms with van der Waals surface area (Å²) in [7, 11) is 1.62. The molecule has 2 N–H and O–H groups in total. The van der Waals surface area contributed by atoms with Gasteiger partial charge >= 0.3 is 6.03 Å². The van der Waals surface area contributed by atoms with Gasteiger partial charge in [0.05, 0.1) is 18.3 Å². The first-order valence-corrected chi connectivity index (χ1v) is 12.5. The summed E-state index contributed by atoms with van der Waals surface area (Å²) in [6, 6.07) is 12.4. The van der Waals surface area contributed by atoms with Gasteiger partial charge in [-0.2, -0.15) is 10.1 Å². The van der Waals surface area contributed by atoms with Crippen molar-refractivity contribution in [3.63, 3.8) is 0 Å². The number of ether oxygens (including phenoxy) is 1. The van der Waals surface area contributed by atoms with Gasteiger partial charge in [0.15, 0.2) is 23.2 Å². The minimum absolute atomic E-state index is 0.242. The number of halogens is 2. The molecule has 3 heterocycles. The number of carbonyl (C=O) groups is 1. The third kappa shape index (κ3) is 5.66. The number of urea groups is 1. The van der Waals surface area contributed by atoms with E-state index in [1.807, 2.05) is 37.3 Å². The SMILES string of the molecule is COCCN1CC(NC(=O)Nc2c(C)c(-c3nc(C)no3)nn2-c2ccccc2)C(c2ccc(F)c(F)c2)C1. The van der Waals surface area contributed by atoms with Gasteiger partial charge in [0.2, 0.25) is 0 Å². The van der Waals surface area contributed by atoms with Crippen LogP contribution in [0.2, 0.25) is 0 Å². The highest BCUT2D eigenvalue weighted by molar-refractivity contribution is 5.91. The van der Waals surface area contributed by atoms with Crippen molar-refractivity contribution in [1.82, 2.24) is 30.1 Å². The summed E-state index contributed by atoms with van der Waals surface area (Å²) in [6.45, 7) is 5.75. The second-order valence-corrected chi connectivity index (χ2v) is 9.45. The molecule has 0 aliphatic carbocycles. The van der Waals surface area contributed by atoms with Crippen molar-refractivity contribution < 1.29 is 22.8 Å². The fourth-order valence-corrected chi connectivity index (χ4v) is 4.82. The lowest BCUT2D eigenvalue weighted by Gasteiger charge is -2.21. The maximum Gasteiger partial charge on any atom is 0.320 e. The van der Waals surface area contributed by atoms with Crippen LogP contribution in [0.5, 0.6) is 0 Å². The third-order valence-corrected chi connectivity index (χ3v) is 6.78. The average Bonchev–Trinajstić information content (AvgIpc) is 3.62. The number of amides is 2. The quantitative estimate of drug-likeness (QED) is 0.349. The number of aromatic nitrogens is 4. The first kappa shape index (κ1) is 26.4. The summed E-state index contributed by atoms with van der Waals surface area (Å²) in [5.74, 6) is -0.938. The first-order chi connectivity index (χ1) is 18.8. The Morgan fingerprint density at radius 2 is 1.92 bits per heavy atom. The van der Waals surface area contributed by atoms with E-state index in [1.165, 1.54) is 6.07 Å². The number of nitrogens with one attached hydrogen (secondary N) is 2. The molecule has 10 nitrogen and oxygen atoms in total. The van der Waals surface area contributed by atoms with Crippen molar-refractivity contribution in [1.29, 1.82) is 0 Å². The molecular formula is C27H29F2N7O3. The van der Waals surface area contributed by atoms with Crippen molar-refractivity contribution in [3.05, 3.63) is 77.1 Å². The molecule has 2 aromatic carbocycles. The standard InChI is InChI=1S/C27H29F2N7O3/c1-16-24(26-30-17(2)34-39-26)33-36(19-7-5-4-6-8-19)25(16)32-27(37)31-23-15-35(11-12-38-3)14-20(23)18-9-10-21(28)22(29)13-18/h4-10,13,20,23H,11-12,14-15H2,1-3H3,(H2,31,32,37). The van der Waals surface area contributed by atoms with E-state index < -0.39 is 17.7 Å². The van der Waals surface area contributed by atoms with Gasteiger partial charge in [0.1, 0.15) is 5.82 Å². The van der Waals surface area contributed by atoms with Crippen molar-refractivity contribution >= 4 is 11.8 Å². The largest absolute Gasteiger partial charge is 0.383 e. The second-order valence-electron chi connectivity index (χ2n) is 9.45. The predicted molar refractivity (Wildman–Crippen MR) is 140 cm³/mol. The number of anilines is 1. The molecule has 5 rings (SSSR count). The summed E-state index contributed by atoms with van der Waals surface area (Å²) in [6.07, 6.45) is 0. The van der Waals surface area contributed by atoms with E-state index in [-0.39, 0.29) is 17.9 Å². The Morgan fingerprint density at radius 3 is 2.62 bits per heavy atom. The molecule has 1 saturated heterocycles. The fraction of sp³-hybridized carbons (Fsp3) is 0.333. The van der Waals surface area contributed by atoms with Gasteiger partial charge in [-0.15, -0.1) is 0 Å². The Kier molecular flexibility index (Phi) is 7.66. The molecular weight excluding hydrogens is 508 g/mol. The molecule has 2 atom stereocenters. The van der Waals surface area contributed by atoms with Crippen molar-refractivity contribution in [2.45, 2.75) is 25.8 Å². The van der Waals surface area contributed by atoms with Gasteiger partial charge < -0.3 is 14.6 Å². The maximum absolute atomic E-state index is 14.1. The van der Waals surface area contributed by atoms with Crippen LogP contribution in [0.15, 0.2) is 53.1 Å². The Morgan fingerprint density at radius 1 is 1.13 bits per heavy atom. The zero-order chi connectivity index (χ0) is 27.5. The molecule has 0 saturated carbocycles. The fourth-order valence-electron chi connectivity index (χ4n) is 4.82.